The maximum atomic E-state index is 6.00. The van der Waals surface area contributed by atoms with Crippen LogP contribution in [0.4, 0.5) is 0 Å². The van der Waals surface area contributed by atoms with Gasteiger partial charge in [0.15, 0.2) is 0 Å². The molecule has 2 nitrogen and oxygen atoms in total. The summed E-state index contributed by atoms with van der Waals surface area (Å²) in [5.41, 5.74) is 0.771. The second-order valence-electron chi connectivity index (χ2n) is 4.40. The highest BCUT2D eigenvalue weighted by Gasteiger charge is 2.25. The summed E-state index contributed by atoms with van der Waals surface area (Å²) in [4.78, 5) is 8.64. The van der Waals surface area contributed by atoms with Gasteiger partial charge in [0, 0.05) is 11.5 Å². The average Bonchev–Trinajstić information content (AvgIpc) is 2.60. The summed E-state index contributed by atoms with van der Waals surface area (Å²) in [5, 5.41) is 0.981. The standard InChI is InChI=1S/C11H14Cl2N2/c1-6-3-4-8(5-6)11-14-9(12)7(2)10(13)15-11/h6,8H,3-5H2,1-2H3. The zero-order chi connectivity index (χ0) is 11.0. The quantitative estimate of drug-likeness (QED) is 0.699. The van der Waals surface area contributed by atoms with Crippen LogP contribution in [0.3, 0.4) is 0 Å². The Hall–Kier alpha value is -0.340. The van der Waals surface area contributed by atoms with Gasteiger partial charge in [-0.3, -0.25) is 0 Å². The van der Waals surface area contributed by atoms with Crippen molar-refractivity contribution in [3.8, 4) is 0 Å². The number of rotatable bonds is 1. The Morgan fingerprint density at radius 1 is 1.13 bits per heavy atom. The monoisotopic (exact) mass is 244 g/mol. The molecule has 1 saturated carbocycles. The fraction of sp³-hybridized carbons (Fsp3) is 0.636. The minimum absolute atomic E-state index is 0.440. The fourth-order valence-corrected chi connectivity index (χ4v) is 2.50. The minimum atomic E-state index is 0.440. The Labute approximate surface area is 100 Å². The van der Waals surface area contributed by atoms with E-state index in [1.807, 2.05) is 6.92 Å². The summed E-state index contributed by atoms with van der Waals surface area (Å²) in [6, 6.07) is 0. The van der Waals surface area contributed by atoms with E-state index in [4.69, 9.17) is 23.2 Å². The normalized spacial score (nSPS) is 25.9. The van der Waals surface area contributed by atoms with Gasteiger partial charge in [0.25, 0.3) is 0 Å². The first-order valence-corrected chi connectivity index (χ1v) is 6.03. The van der Waals surface area contributed by atoms with E-state index in [-0.39, 0.29) is 0 Å². The highest BCUT2D eigenvalue weighted by molar-refractivity contribution is 6.34. The molecule has 1 fully saturated rings. The molecule has 1 heterocycles. The van der Waals surface area contributed by atoms with Crippen LogP contribution in [0.2, 0.25) is 10.3 Å². The average molecular weight is 245 g/mol. The molecule has 2 unspecified atom stereocenters. The van der Waals surface area contributed by atoms with Gasteiger partial charge in [0.05, 0.1) is 0 Å². The molecule has 0 aromatic carbocycles. The van der Waals surface area contributed by atoms with Gasteiger partial charge in [-0.1, -0.05) is 30.1 Å². The van der Waals surface area contributed by atoms with Crippen molar-refractivity contribution in [1.29, 1.82) is 0 Å². The first kappa shape index (κ1) is 11.2. The van der Waals surface area contributed by atoms with E-state index in [0.717, 1.165) is 30.1 Å². The van der Waals surface area contributed by atoms with E-state index in [1.165, 1.54) is 6.42 Å². The summed E-state index contributed by atoms with van der Waals surface area (Å²) in [6.07, 6.45) is 3.55. The summed E-state index contributed by atoms with van der Waals surface area (Å²) < 4.78 is 0. The molecule has 1 aliphatic rings. The number of halogens is 2. The molecule has 1 aromatic rings. The fourth-order valence-electron chi connectivity index (χ4n) is 2.10. The number of hydrogen-bond acceptors (Lipinski definition) is 2. The van der Waals surface area contributed by atoms with Crippen LogP contribution in [0.15, 0.2) is 0 Å². The third kappa shape index (κ3) is 2.26. The second kappa shape index (κ2) is 4.26. The molecule has 0 radical (unpaired) electrons. The van der Waals surface area contributed by atoms with Crippen LogP contribution in [-0.4, -0.2) is 9.97 Å². The Balaban J connectivity index is 2.29. The van der Waals surface area contributed by atoms with Crippen molar-refractivity contribution in [3.63, 3.8) is 0 Å². The lowest BCUT2D eigenvalue weighted by atomic mass is 10.1. The predicted molar refractivity (Wildman–Crippen MR) is 62.5 cm³/mol. The summed E-state index contributed by atoms with van der Waals surface area (Å²) in [7, 11) is 0. The summed E-state index contributed by atoms with van der Waals surface area (Å²) in [6.45, 7) is 4.10. The highest BCUT2D eigenvalue weighted by Crippen LogP contribution is 2.37. The molecule has 2 rings (SSSR count). The first-order valence-electron chi connectivity index (χ1n) is 5.27. The van der Waals surface area contributed by atoms with Gasteiger partial charge < -0.3 is 0 Å². The van der Waals surface area contributed by atoms with E-state index >= 15 is 0 Å². The van der Waals surface area contributed by atoms with Crippen LogP contribution in [0.1, 0.15) is 43.5 Å². The Morgan fingerprint density at radius 3 is 2.20 bits per heavy atom. The van der Waals surface area contributed by atoms with Gasteiger partial charge in [0.2, 0.25) is 0 Å². The van der Waals surface area contributed by atoms with Crippen LogP contribution >= 0.6 is 23.2 Å². The van der Waals surface area contributed by atoms with Crippen LogP contribution in [-0.2, 0) is 0 Å². The van der Waals surface area contributed by atoms with E-state index in [0.29, 0.717) is 16.2 Å². The van der Waals surface area contributed by atoms with E-state index in [1.54, 1.807) is 0 Å². The molecule has 1 aromatic heterocycles. The van der Waals surface area contributed by atoms with Gasteiger partial charge in [-0.15, -0.1) is 0 Å². The smallest absolute Gasteiger partial charge is 0.137 e. The Bertz CT molecular complexity index is 356. The molecule has 0 amide bonds. The third-order valence-electron chi connectivity index (χ3n) is 3.10. The van der Waals surface area contributed by atoms with E-state index in [2.05, 4.69) is 16.9 Å². The number of nitrogens with zero attached hydrogens (tertiary/aromatic N) is 2. The third-order valence-corrected chi connectivity index (χ3v) is 3.84. The van der Waals surface area contributed by atoms with Crippen molar-refractivity contribution in [3.05, 3.63) is 21.7 Å². The second-order valence-corrected chi connectivity index (χ2v) is 5.12. The molecule has 82 valence electrons. The van der Waals surface area contributed by atoms with Crippen molar-refractivity contribution in [2.45, 2.75) is 39.0 Å². The van der Waals surface area contributed by atoms with Gasteiger partial charge in [-0.2, -0.15) is 0 Å². The van der Waals surface area contributed by atoms with Crippen molar-refractivity contribution in [2.24, 2.45) is 5.92 Å². The number of hydrogen-bond donors (Lipinski definition) is 0. The molecular formula is C11H14Cl2N2. The van der Waals surface area contributed by atoms with Crippen LogP contribution in [0.5, 0.6) is 0 Å². The predicted octanol–water partition coefficient (Wildman–Crippen LogP) is 4.00. The van der Waals surface area contributed by atoms with E-state index in [9.17, 15) is 0 Å². The van der Waals surface area contributed by atoms with Gasteiger partial charge in [0.1, 0.15) is 16.1 Å². The molecular weight excluding hydrogens is 231 g/mol. The molecule has 0 saturated heterocycles. The molecule has 0 aliphatic heterocycles. The largest absolute Gasteiger partial charge is 0.221 e. The van der Waals surface area contributed by atoms with Crippen LogP contribution < -0.4 is 0 Å². The topological polar surface area (TPSA) is 25.8 Å². The lowest BCUT2D eigenvalue weighted by Gasteiger charge is -2.10. The molecule has 15 heavy (non-hydrogen) atoms. The molecule has 0 N–H and O–H groups in total. The maximum Gasteiger partial charge on any atom is 0.137 e. The molecule has 2 atom stereocenters. The maximum absolute atomic E-state index is 6.00. The molecule has 4 heteroatoms. The van der Waals surface area contributed by atoms with Gasteiger partial charge in [-0.25, -0.2) is 9.97 Å². The number of aromatic nitrogens is 2. The SMILES string of the molecule is Cc1c(Cl)nc(C2CCC(C)C2)nc1Cl. The van der Waals surface area contributed by atoms with Crippen molar-refractivity contribution in [2.75, 3.05) is 0 Å². The molecule has 0 bridgehead atoms. The minimum Gasteiger partial charge on any atom is -0.221 e. The lowest BCUT2D eigenvalue weighted by Crippen LogP contribution is -2.03. The van der Waals surface area contributed by atoms with Crippen LogP contribution in [0, 0.1) is 12.8 Å². The van der Waals surface area contributed by atoms with Crippen molar-refractivity contribution < 1.29 is 0 Å². The molecule has 1 aliphatic carbocycles. The zero-order valence-electron chi connectivity index (χ0n) is 8.93. The molecule has 0 spiro atoms. The highest BCUT2D eigenvalue weighted by atomic mass is 35.5. The lowest BCUT2D eigenvalue weighted by molar-refractivity contribution is 0.585. The van der Waals surface area contributed by atoms with Crippen LogP contribution in [0.25, 0.3) is 0 Å². The van der Waals surface area contributed by atoms with Crippen molar-refractivity contribution in [1.82, 2.24) is 9.97 Å². The van der Waals surface area contributed by atoms with Gasteiger partial charge in [-0.05, 0) is 32.1 Å². The van der Waals surface area contributed by atoms with Gasteiger partial charge >= 0.3 is 0 Å². The summed E-state index contributed by atoms with van der Waals surface area (Å²) >= 11 is 12.0. The van der Waals surface area contributed by atoms with E-state index < -0.39 is 0 Å². The zero-order valence-corrected chi connectivity index (χ0v) is 10.4. The summed E-state index contributed by atoms with van der Waals surface area (Å²) in [5.74, 6) is 2.02. The Morgan fingerprint density at radius 2 is 1.73 bits per heavy atom. The van der Waals surface area contributed by atoms with Crippen molar-refractivity contribution >= 4 is 23.2 Å². The first-order chi connectivity index (χ1) is 7.08. The Kier molecular flexibility index (Phi) is 3.17.